The highest BCUT2D eigenvalue weighted by Gasteiger charge is 2.07. The van der Waals surface area contributed by atoms with E-state index in [1.54, 1.807) is 19.1 Å². The molecule has 1 rings (SSSR count). The lowest BCUT2D eigenvalue weighted by Crippen LogP contribution is -2.00. The van der Waals surface area contributed by atoms with Crippen LogP contribution in [-0.2, 0) is 4.79 Å². The summed E-state index contributed by atoms with van der Waals surface area (Å²) in [5.74, 6) is 4.45. The largest absolute Gasteiger partial charge is 0.478 e. The maximum Gasteiger partial charge on any atom is 0.335 e. The van der Waals surface area contributed by atoms with Crippen molar-refractivity contribution in [3.05, 3.63) is 34.9 Å². The number of aromatic carboxylic acids is 1. The molecule has 0 saturated heterocycles. The van der Waals surface area contributed by atoms with Crippen LogP contribution in [0.1, 0.15) is 27.9 Å². The van der Waals surface area contributed by atoms with E-state index >= 15 is 0 Å². The fourth-order valence-electron chi connectivity index (χ4n) is 1.19. The van der Waals surface area contributed by atoms with Gasteiger partial charge < -0.3 is 9.90 Å². The first kappa shape index (κ1) is 11.0. The quantitative estimate of drug-likeness (QED) is 0.585. The van der Waals surface area contributed by atoms with Crippen molar-refractivity contribution in [2.45, 2.75) is 13.3 Å². The molecule has 0 atom stereocenters. The van der Waals surface area contributed by atoms with E-state index in [0.29, 0.717) is 17.4 Å². The third kappa shape index (κ3) is 2.68. The molecular formula is C12H10O3. The van der Waals surface area contributed by atoms with Crippen molar-refractivity contribution in [1.29, 1.82) is 0 Å². The molecule has 3 heteroatoms. The number of carbonyl (C=O) groups is 2. The highest BCUT2D eigenvalue weighted by atomic mass is 16.4. The Hall–Kier alpha value is -2.08. The zero-order chi connectivity index (χ0) is 11.3. The maximum absolute atomic E-state index is 10.8. The van der Waals surface area contributed by atoms with Gasteiger partial charge in [0.25, 0.3) is 0 Å². The Labute approximate surface area is 87.7 Å². The van der Waals surface area contributed by atoms with Crippen LogP contribution in [0.3, 0.4) is 0 Å². The molecule has 3 nitrogen and oxygen atoms in total. The fraction of sp³-hybridized carbons (Fsp3) is 0.167. The minimum absolute atomic E-state index is 0.163. The molecule has 0 radical (unpaired) electrons. The molecule has 76 valence electrons. The van der Waals surface area contributed by atoms with Gasteiger partial charge in [-0.1, -0.05) is 17.9 Å². The Bertz CT molecular complexity index is 450. The number of aldehydes is 1. The number of carbonyl (C=O) groups excluding carboxylic acids is 1. The van der Waals surface area contributed by atoms with Gasteiger partial charge in [0.15, 0.2) is 0 Å². The number of carboxylic acids is 1. The average Bonchev–Trinajstić information content (AvgIpc) is 2.20. The number of carboxylic acid groups (broad SMARTS) is 1. The van der Waals surface area contributed by atoms with Crippen molar-refractivity contribution in [3.8, 4) is 11.8 Å². The lowest BCUT2D eigenvalue weighted by atomic mass is 10.0. The second-order valence-electron chi connectivity index (χ2n) is 2.96. The van der Waals surface area contributed by atoms with Gasteiger partial charge in [-0.15, -0.1) is 0 Å². The van der Waals surface area contributed by atoms with Crippen LogP contribution in [0.4, 0.5) is 0 Å². The van der Waals surface area contributed by atoms with Crippen LogP contribution in [0.25, 0.3) is 0 Å². The number of rotatable bonds is 2. The zero-order valence-electron chi connectivity index (χ0n) is 8.28. The smallest absolute Gasteiger partial charge is 0.335 e. The van der Waals surface area contributed by atoms with Crippen LogP contribution >= 0.6 is 0 Å². The average molecular weight is 202 g/mol. The lowest BCUT2D eigenvalue weighted by Gasteiger charge is -2.01. The van der Waals surface area contributed by atoms with Crippen molar-refractivity contribution in [3.63, 3.8) is 0 Å². The molecule has 0 amide bonds. The van der Waals surface area contributed by atoms with E-state index in [2.05, 4.69) is 11.8 Å². The first-order valence-corrected chi connectivity index (χ1v) is 4.42. The molecule has 1 aromatic carbocycles. The third-order valence-electron chi connectivity index (χ3n) is 1.97. The topological polar surface area (TPSA) is 54.4 Å². The normalized spacial score (nSPS) is 8.87. The minimum atomic E-state index is -0.966. The molecule has 0 bridgehead atoms. The van der Waals surface area contributed by atoms with Crippen LogP contribution < -0.4 is 0 Å². The van der Waals surface area contributed by atoms with E-state index in [4.69, 9.17) is 5.11 Å². The van der Waals surface area contributed by atoms with Gasteiger partial charge in [0.1, 0.15) is 6.29 Å². The summed E-state index contributed by atoms with van der Waals surface area (Å²) in [6.07, 6.45) is 0.875. The van der Waals surface area contributed by atoms with E-state index in [9.17, 15) is 9.59 Å². The van der Waals surface area contributed by atoms with Gasteiger partial charge >= 0.3 is 5.97 Å². The molecule has 0 unspecified atom stereocenters. The van der Waals surface area contributed by atoms with Crippen molar-refractivity contribution < 1.29 is 14.7 Å². The second-order valence-corrected chi connectivity index (χ2v) is 2.96. The van der Waals surface area contributed by atoms with E-state index in [0.717, 1.165) is 0 Å². The predicted molar refractivity (Wildman–Crippen MR) is 55.7 cm³/mol. The molecule has 0 saturated carbocycles. The summed E-state index contributed by atoms with van der Waals surface area (Å²) in [5, 5.41) is 8.86. The van der Waals surface area contributed by atoms with Crippen molar-refractivity contribution in [2.24, 2.45) is 0 Å². The molecule has 0 aliphatic rings. The molecule has 1 aromatic rings. The van der Waals surface area contributed by atoms with Gasteiger partial charge in [-0.3, -0.25) is 0 Å². The Kier molecular flexibility index (Phi) is 3.64. The van der Waals surface area contributed by atoms with Gasteiger partial charge in [-0.2, -0.15) is 0 Å². The summed E-state index contributed by atoms with van der Waals surface area (Å²) >= 11 is 0. The number of hydrogen-bond acceptors (Lipinski definition) is 2. The molecule has 0 spiro atoms. The van der Waals surface area contributed by atoms with Crippen LogP contribution in [0, 0.1) is 18.8 Å². The van der Waals surface area contributed by atoms with Gasteiger partial charge in [0.2, 0.25) is 0 Å². The van der Waals surface area contributed by atoms with Crippen molar-refractivity contribution in [1.82, 2.24) is 0 Å². The summed E-state index contributed by atoms with van der Waals surface area (Å²) in [7, 11) is 0. The molecule has 0 heterocycles. The van der Waals surface area contributed by atoms with Crippen molar-refractivity contribution in [2.75, 3.05) is 0 Å². The van der Waals surface area contributed by atoms with Gasteiger partial charge in [0.05, 0.1) is 12.0 Å². The third-order valence-corrected chi connectivity index (χ3v) is 1.97. The van der Waals surface area contributed by atoms with Crippen molar-refractivity contribution >= 4 is 12.3 Å². The Balaban J connectivity index is 3.11. The number of benzene rings is 1. The summed E-state index contributed by atoms with van der Waals surface area (Å²) in [5.41, 5.74) is 1.52. The van der Waals surface area contributed by atoms with Crippen LogP contribution in [0.5, 0.6) is 0 Å². The highest BCUT2D eigenvalue weighted by molar-refractivity contribution is 5.90. The van der Waals surface area contributed by atoms with Gasteiger partial charge in [-0.25, -0.2) is 4.79 Å². The zero-order valence-corrected chi connectivity index (χ0v) is 8.28. The minimum Gasteiger partial charge on any atom is -0.478 e. The van der Waals surface area contributed by atoms with Crippen LogP contribution in [-0.4, -0.2) is 17.4 Å². The monoisotopic (exact) mass is 202 g/mol. The summed E-state index contributed by atoms with van der Waals surface area (Å²) < 4.78 is 0. The second kappa shape index (κ2) is 4.97. The molecule has 0 fully saturated rings. The van der Waals surface area contributed by atoms with E-state index in [1.807, 2.05) is 0 Å². The molecule has 15 heavy (non-hydrogen) atoms. The van der Waals surface area contributed by atoms with E-state index < -0.39 is 5.97 Å². The maximum atomic E-state index is 10.8. The summed E-state index contributed by atoms with van der Waals surface area (Å²) in [6, 6.07) is 4.91. The highest BCUT2D eigenvalue weighted by Crippen LogP contribution is 2.12. The molecular weight excluding hydrogens is 192 g/mol. The van der Waals surface area contributed by atoms with Gasteiger partial charge in [0, 0.05) is 5.56 Å². The van der Waals surface area contributed by atoms with Gasteiger partial charge in [-0.05, 0) is 24.6 Å². The summed E-state index contributed by atoms with van der Waals surface area (Å²) in [4.78, 5) is 20.9. The lowest BCUT2D eigenvalue weighted by molar-refractivity contribution is -0.107. The first-order chi connectivity index (χ1) is 7.16. The fourth-order valence-corrected chi connectivity index (χ4v) is 1.19. The molecule has 0 aliphatic carbocycles. The Morgan fingerprint density at radius 2 is 2.27 bits per heavy atom. The first-order valence-electron chi connectivity index (χ1n) is 4.42. The van der Waals surface area contributed by atoms with Crippen LogP contribution in [0.2, 0.25) is 0 Å². The number of hydrogen-bond donors (Lipinski definition) is 1. The summed E-state index contributed by atoms with van der Waals surface area (Å²) in [6.45, 7) is 1.70. The van der Waals surface area contributed by atoms with Crippen LogP contribution in [0.15, 0.2) is 18.2 Å². The molecule has 0 aromatic heterocycles. The van der Waals surface area contributed by atoms with E-state index in [1.165, 1.54) is 6.07 Å². The predicted octanol–water partition coefficient (Wildman–Crippen LogP) is 1.63. The molecule has 1 N–H and O–H groups in total. The standard InChI is InChI=1S/C12H10O3/c1-9-10(5-2-3-8-13)6-4-7-11(9)12(14)15/h4,6-8H,3H2,1H3,(H,14,15). The Morgan fingerprint density at radius 1 is 1.53 bits per heavy atom. The molecule has 0 aliphatic heterocycles. The Morgan fingerprint density at radius 3 is 2.87 bits per heavy atom. The van der Waals surface area contributed by atoms with E-state index in [-0.39, 0.29) is 12.0 Å². The SMILES string of the molecule is Cc1c(C#CCC=O)cccc1C(=O)O.